The van der Waals surface area contributed by atoms with Gasteiger partial charge in [-0.25, -0.2) is 9.59 Å². The lowest BCUT2D eigenvalue weighted by Gasteiger charge is -2.11. The van der Waals surface area contributed by atoms with Crippen molar-refractivity contribution in [3.05, 3.63) is 17.0 Å². The Morgan fingerprint density at radius 3 is 2.90 bits per heavy atom. The molecule has 2 fully saturated rings. The van der Waals surface area contributed by atoms with Gasteiger partial charge in [0.05, 0.1) is 19.6 Å². The quantitative estimate of drug-likeness (QED) is 0.895. The minimum Gasteiger partial charge on any atom is -0.448 e. The van der Waals surface area contributed by atoms with Crippen molar-refractivity contribution in [1.29, 1.82) is 0 Å². The normalized spacial score (nSPS) is 22.4. The maximum atomic E-state index is 11.7. The summed E-state index contributed by atoms with van der Waals surface area (Å²) < 4.78 is 10.0. The molecular weight excluding hydrogens is 282 g/mol. The fourth-order valence-corrected chi connectivity index (χ4v) is 3.11. The summed E-state index contributed by atoms with van der Waals surface area (Å²) in [6.07, 6.45) is -0.905. The second-order valence-electron chi connectivity index (χ2n) is 4.68. The molecule has 2 aliphatic heterocycles. The Morgan fingerprint density at radius 1 is 1.40 bits per heavy atom. The van der Waals surface area contributed by atoms with Crippen LogP contribution in [-0.2, 0) is 16.0 Å². The van der Waals surface area contributed by atoms with E-state index in [1.807, 2.05) is 11.4 Å². The van der Waals surface area contributed by atoms with Crippen molar-refractivity contribution in [1.82, 2.24) is 4.90 Å². The van der Waals surface area contributed by atoms with Gasteiger partial charge in [-0.3, -0.25) is 4.90 Å². The van der Waals surface area contributed by atoms with Gasteiger partial charge in [-0.05, 0) is 17.0 Å². The maximum Gasteiger partial charge on any atom is 0.415 e. The third-order valence-corrected chi connectivity index (χ3v) is 4.26. The van der Waals surface area contributed by atoms with E-state index in [4.69, 9.17) is 15.2 Å². The maximum absolute atomic E-state index is 11.7. The van der Waals surface area contributed by atoms with Crippen molar-refractivity contribution >= 4 is 28.5 Å². The van der Waals surface area contributed by atoms with Crippen molar-refractivity contribution in [2.75, 3.05) is 31.1 Å². The lowest BCUT2D eigenvalue weighted by atomic mass is 10.3. The average Bonchev–Trinajstić information content (AvgIpc) is 3.12. The van der Waals surface area contributed by atoms with Gasteiger partial charge in [-0.1, -0.05) is 0 Å². The van der Waals surface area contributed by atoms with Crippen LogP contribution in [0.3, 0.4) is 0 Å². The molecule has 0 aliphatic carbocycles. The van der Waals surface area contributed by atoms with Crippen LogP contribution in [0.2, 0.25) is 0 Å². The molecule has 8 heteroatoms. The highest BCUT2D eigenvalue weighted by atomic mass is 32.1. The fraction of sp³-hybridized carbons (Fsp3) is 0.500. The third-order valence-electron chi connectivity index (χ3n) is 3.26. The lowest BCUT2D eigenvalue weighted by molar-refractivity contribution is 0.145. The predicted molar refractivity (Wildman–Crippen MR) is 72.7 cm³/mol. The molecule has 108 valence electrons. The van der Waals surface area contributed by atoms with E-state index in [1.54, 1.807) is 9.80 Å². The first-order valence-electron chi connectivity index (χ1n) is 6.34. The van der Waals surface area contributed by atoms with Crippen LogP contribution in [0.25, 0.3) is 0 Å². The van der Waals surface area contributed by atoms with Crippen LogP contribution >= 0.6 is 11.3 Å². The summed E-state index contributed by atoms with van der Waals surface area (Å²) in [5.41, 5.74) is 6.49. The van der Waals surface area contributed by atoms with Crippen LogP contribution in [0, 0.1) is 0 Å². The van der Waals surface area contributed by atoms with Gasteiger partial charge >= 0.3 is 12.2 Å². The minimum atomic E-state index is -0.366. The van der Waals surface area contributed by atoms with Gasteiger partial charge in [0.1, 0.15) is 17.7 Å². The number of amides is 2. The summed E-state index contributed by atoms with van der Waals surface area (Å²) in [4.78, 5) is 26.3. The number of carbonyl (C=O) groups is 2. The summed E-state index contributed by atoms with van der Waals surface area (Å²) in [7, 11) is 0. The molecule has 0 spiro atoms. The molecule has 0 aromatic carbocycles. The molecule has 0 bridgehead atoms. The van der Waals surface area contributed by atoms with Gasteiger partial charge < -0.3 is 20.1 Å². The Morgan fingerprint density at radius 2 is 2.25 bits per heavy atom. The minimum absolute atomic E-state index is 0.249. The smallest absolute Gasteiger partial charge is 0.415 e. The van der Waals surface area contributed by atoms with E-state index in [9.17, 15) is 9.59 Å². The van der Waals surface area contributed by atoms with Gasteiger partial charge in [0, 0.05) is 6.54 Å². The van der Waals surface area contributed by atoms with Crippen molar-refractivity contribution in [2.45, 2.75) is 12.6 Å². The number of rotatable bonds is 4. The topological polar surface area (TPSA) is 85.1 Å². The van der Waals surface area contributed by atoms with Crippen LogP contribution in [0.4, 0.5) is 14.6 Å². The number of carbonyl (C=O) groups excluding carboxylic acids is 2. The number of nitrogens with zero attached hydrogens (tertiary/aromatic N) is 2. The monoisotopic (exact) mass is 297 g/mol. The Labute approximate surface area is 119 Å². The second-order valence-corrected chi connectivity index (χ2v) is 5.57. The van der Waals surface area contributed by atoms with Crippen molar-refractivity contribution in [3.8, 4) is 0 Å². The Bertz CT molecular complexity index is 533. The zero-order valence-electron chi connectivity index (χ0n) is 10.8. The number of anilines is 1. The fourth-order valence-electron chi connectivity index (χ4n) is 2.20. The zero-order valence-corrected chi connectivity index (χ0v) is 11.6. The largest absolute Gasteiger partial charge is 0.448 e. The Balaban J connectivity index is 1.67. The molecule has 3 heterocycles. The van der Waals surface area contributed by atoms with Crippen molar-refractivity contribution < 1.29 is 19.1 Å². The van der Waals surface area contributed by atoms with Gasteiger partial charge in [0.25, 0.3) is 0 Å². The number of ether oxygens (including phenoxy) is 2. The molecule has 1 aromatic heterocycles. The van der Waals surface area contributed by atoms with E-state index in [-0.39, 0.29) is 18.3 Å². The van der Waals surface area contributed by atoms with Crippen LogP contribution in [0.5, 0.6) is 0 Å². The Kier molecular flexibility index (Phi) is 3.49. The summed E-state index contributed by atoms with van der Waals surface area (Å²) in [5.74, 6) is 0. The highest BCUT2D eigenvalue weighted by Gasteiger charge is 2.32. The average molecular weight is 297 g/mol. The van der Waals surface area contributed by atoms with E-state index in [1.165, 1.54) is 11.3 Å². The third kappa shape index (κ3) is 2.44. The molecule has 0 unspecified atom stereocenters. The van der Waals surface area contributed by atoms with Crippen LogP contribution in [0.15, 0.2) is 11.4 Å². The molecule has 20 heavy (non-hydrogen) atoms. The summed E-state index contributed by atoms with van der Waals surface area (Å²) in [6.45, 7) is 2.33. The molecule has 2 aliphatic rings. The van der Waals surface area contributed by atoms with Crippen molar-refractivity contribution in [3.63, 3.8) is 0 Å². The highest BCUT2D eigenvalue weighted by molar-refractivity contribution is 7.14. The van der Waals surface area contributed by atoms with E-state index in [0.717, 1.165) is 10.6 Å². The summed E-state index contributed by atoms with van der Waals surface area (Å²) in [5, 5.41) is 2.75. The number of cyclic esters (lactones) is 2. The number of thiophene rings is 1. The molecule has 2 saturated heterocycles. The number of hydrogen-bond acceptors (Lipinski definition) is 6. The SMILES string of the molecule is NC[C@H]1CN(c2cc(CN3CCOC3=O)cs2)C(=O)O1. The van der Waals surface area contributed by atoms with Crippen LogP contribution < -0.4 is 10.6 Å². The highest BCUT2D eigenvalue weighted by Crippen LogP contribution is 2.29. The number of hydrogen-bond donors (Lipinski definition) is 1. The molecular formula is C12H15N3O4S. The molecule has 3 rings (SSSR count). The van der Waals surface area contributed by atoms with Crippen molar-refractivity contribution in [2.24, 2.45) is 5.73 Å². The first kappa shape index (κ1) is 13.2. The predicted octanol–water partition coefficient (Wildman–Crippen LogP) is 0.984. The molecule has 0 saturated carbocycles. The van der Waals surface area contributed by atoms with E-state index in [0.29, 0.717) is 32.8 Å². The number of nitrogens with two attached hydrogens (primary N) is 1. The second kappa shape index (κ2) is 5.29. The molecule has 1 aromatic rings. The molecule has 2 N–H and O–H groups in total. The van der Waals surface area contributed by atoms with Crippen LogP contribution in [-0.4, -0.2) is 49.4 Å². The summed E-state index contributed by atoms with van der Waals surface area (Å²) >= 11 is 1.45. The molecule has 2 amide bonds. The van der Waals surface area contributed by atoms with E-state index in [2.05, 4.69) is 0 Å². The van der Waals surface area contributed by atoms with Gasteiger partial charge in [-0.15, -0.1) is 11.3 Å². The first-order chi connectivity index (χ1) is 9.67. The zero-order chi connectivity index (χ0) is 14.1. The molecule has 1 atom stereocenters. The van der Waals surface area contributed by atoms with Gasteiger partial charge in [0.15, 0.2) is 0 Å². The standard InChI is InChI=1S/C12H15N3O4S/c13-4-9-6-15(12(17)19-9)10-3-8(7-20-10)5-14-1-2-18-11(14)16/h3,7,9H,1-2,4-6,13H2/t9-/m0/s1. The van der Waals surface area contributed by atoms with E-state index >= 15 is 0 Å². The van der Waals surface area contributed by atoms with Gasteiger partial charge in [-0.2, -0.15) is 0 Å². The van der Waals surface area contributed by atoms with Gasteiger partial charge in [0.2, 0.25) is 0 Å². The first-order valence-corrected chi connectivity index (χ1v) is 7.22. The van der Waals surface area contributed by atoms with E-state index < -0.39 is 0 Å². The summed E-state index contributed by atoms with van der Waals surface area (Å²) in [6, 6.07) is 1.90. The lowest BCUT2D eigenvalue weighted by Crippen LogP contribution is -2.26. The Hall–Kier alpha value is -1.80. The molecule has 0 radical (unpaired) electrons. The molecule has 7 nitrogen and oxygen atoms in total. The van der Waals surface area contributed by atoms with Crippen LogP contribution in [0.1, 0.15) is 5.56 Å².